The molecule has 0 aliphatic carbocycles. The first-order chi connectivity index (χ1) is 21.9. The Bertz CT molecular complexity index is 1590. The Morgan fingerprint density at radius 2 is 1.43 bits per heavy atom. The minimum Gasteiger partial charge on any atom is -0.504 e. The lowest BCUT2D eigenvalue weighted by atomic mass is 9.98. The summed E-state index contributed by atoms with van der Waals surface area (Å²) < 4.78 is 38.0. The van der Waals surface area contributed by atoms with E-state index in [0.717, 1.165) is 12.3 Å². The molecule has 2 aliphatic rings. The highest BCUT2D eigenvalue weighted by Crippen LogP contribution is 2.42. The summed E-state index contributed by atoms with van der Waals surface area (Å²) in [7, 11) is 2.50. The van der Waals surface area contributed by atoms with Crippen LogP contribution < -0.4 is 19.6 Å². The number of benzene rings is 2. The fourth-order valence-electron chi connectivity index (χ4n) is 5.24. The van der Waals surface area contributed by atoms with E-state index in [1.54, 1.807) is 0 Å². The normalized spacial score (nSPS) is 31.5. The molecule has 2 saturated heterocycles. The molecular weight excluding hydrogens is 620 g/mol. The number of aliphatic hydroxyl groups excluding tert-OH is 7. The van der Waals surface area contributed by atoms with Crippen molar-refractivity contribution < 1.29 is 78.8 Å². The van der Waals surface area contributed by atoms with E-state index < -0.39 is 91.6 Å². The van der Waals surface area contributed by atoms with Gasteiger partial charge in [0.15, 0.2) is 29.3 Å². The maximum atomic E-state index is 13.3. The topological polar surface area (TPSA) is 268 Å². The van der Waals surface area contributed by atoms with Gasteiger partial charge in [0.1, 0.15) is 66.1 Å². The maximum absolute atomic E-state index is 13.3. The lowest BCUT2D eigenvalue weighted by Crippen LogP contribution is -2.62. The zero-order valence-electron chi connectivity index (χ0n) is 24.4. The maximum Gasteiger partial charge on any atom is 0.229 e. The monoisotopic (exact) mass is 654 g/mol. The third-order valence-corrected chi connectivity index (χ3v) is 7.84. The largest absolute Gasteiger partial charge is 0.504 e. The highest BCUT2D eigenvalue weighted by atomic mass is 16.7. The van der Waals surface area contributed by atoms with Crippen LogP contribution in [0.25, 0.3) is 22.1 Å². The fourth-order valence-corrected chi connectivity index (χ4v) is 5.24. The SMILES string of the molecule is COc1cc(-c2coc3cc(O)c(OC)c(O)c3c2=O)ccc1O[C@@H]1O[C@H](CO[C@@H]2O[C@H](CO)[C@@H](O)[C@H](O)[C@H]2O)[C@@H](O)[C@H](O)[C@H]1O. The number of hydrogen-bond donors (Lipinski definition) is 9. The lowest BCUT2D eigenvalue weighted by molar-refractivity contribution is -0.323. The van der Waals surface area contributed by atoms with Crippen LogP contribution in [0.1, 0.15) is 0 Å². The Morgan fingerprint density at radius 3 is 2.09 bits per heavy atom. The molecule has 3 heterocycles. The molecule has 2 aromatic carbocycles. The standard InChI is InChI=1S/C29H34O17/c1-40-14-5-10(11-8-42-15-6-12(31)27(41-2)22(35)18(15)19(11)32)3-4-13(14)44-29-26(39)24(37)21(34)17(46-29)9-43-28-25(38)23(36)20(33)16(7-30)45-28/h3-6,8,16-17,20-21,23-26,28-31,33-39H,7,9H2,1-2H3/t16-,17-,20-,21-,23+,24+,25-,26-,28-,29-/m1/s1. The van der Waals surface area contributed by atoms with Crippen molar-refractivity contribution in [3.63, 3.8) is 0 Å². The Labute approximate surface area is 259 Å². The van der Waals surface area contributed by atoms with Crippen LogP contribution in [-0.4, -0.2) is 135 Å². The Kier molecular flexibility index (Phi) is 9.89. The Morgan fingerprint density at radius 1 is 0.783 bits per heavy atom. The summed E-state index contributed by atoms with van der Waals surface area (Å²) in [6.07, 6.45) is -15.0. The molecule has 2 fully saturated rings. The van der Waals surface area contributed by atoms with Crippen LogP contribution in [0.5, 0.6) is 28.7 Å². The Hall–Kier alpha value is -3.75. The second-order valence-electron chi connectivity index (χ2n) is 10.7. The summed E-state index contributed by atoms with van der Waals surface area (Å²) in [4.78, 5) is 13.3. The number of phenolic OH excluding ortho intramolecular Hbond substituents is 2. The smallest absolute Gasteiger partial charge is 0.229 e. The predicted octanol–water partition coefficient (Wildman–Crippen LogP) is -2.11. The van der Waals surface area contributed by atoms with Crippen molar-refractivity contribution >= 4 is 11.0 Å². The predicted molar refractivity (Wildman–Crippen MR) is 151 cm³/mol. The summed E-state index contributed by atoms with van der Waals surface area (Å²) in [6.45, 7) is -1.25. The summed E-state index contributed by atoms with van der Waals surface area (Å²) in [5.41, 5.74) is -0.486. The molecule has 0 radical (unpaired) electrons. The minimum atomic E-state index is -1.79. The van der Waals surface area contributed by atoms with Crippen molar-refractivity contribution in [3.05, 3.63) is 40.8 Å². The van der Waals surface area contributed by atoms with Gasteiger partial charge in [0.25, 0.3) is 0 Å². The molecule has 0 spiro atoms. The van der Waals surface area contributed by atoms with Crippen molar-refractivity contribution in [3.8, 4) is 39.9 Å². The van der Waals surface area contributed by atoms with Gasteiger partial charge in [-0.15, -0.1) is 0 Å². The number of fused-ring (bicyclic) bond motifs is 1. The molecule has 0 bridgehead atoms. The number of methoxy groups -OCH3 is 2. The molecule has 0 amide bonds. The highest BCUT2D eigenvalue weighted by molar-refractivity contribution is 5.91. The van der Waals surface area contributed by atoms with E-state index >= 15 is 0 Å². The van der Waals surface area contributed by atoms with Crippen molar-refractivity contribution in [1.82, 2.24) is 0 Å². The van der Waals surface area contributed by atoms with Crippen molar-refractivity contribution in [2.24, 2.45) is 0 Å². The number of rotatable bonds is 9. The number of hydrogen-bond acceptors (Lipinski definition) is 17. The van der Waals surface area contributed by atoms with E-state index in [4.69, 9.17) is 32.8 Å². The van der Waals surface area contributed by atoms with Crippen LogP contribution in [0.4, 0.5) is 0 Å². The van der Waals surface area contributed by atoms with Gasteiger partial charge < -0.3 is 78.8 Å². The van der Waals surface area contributed by atoms with Crippen LogP contribution in [0, 0.1) is 0 Å². The van der Waals surface area contributed by atoms with E-state index in [9.17, 15) is 50.8 Å². The molecular formula is C29H34O17. The average molecular weight is 655 g/mol. The van der Waals surface area contributed by atoms with Gasteiger partial charge in [-0.3, -0.25) is 4.79 Å². The van der Waals surface area contributed by atoms with Crippen LogP contribution >= 0.6 is 0 Å². The molecule has 2 aliphatic heterocycles. The molecule has 46 heavy (non-hydrogen) atoms. The summed E-state index contributed by atoms with van der Waals surface area (Å²) in [6, 6.07) is 5.31. The van der Waals surface area contributed by atoms with Crippen molar-refractivity contribution in [2.75, 3.05) is 27.4 Å². The highest BCUT2D eigenvalue weighted by Gasteiger charge is 2.48. The summed E-state index contributed by atoms with van der Waals surface area (Å²) in [5.74, 6) is -1.34. The molecule has 252 valence electrons. The van der Waals surface area contributed by atoms with E-state index in [1.807, 2.05) is 0 Å². The number of aliphatic hydroxyl groups is 7. The number of ether oxygens (including phenoxy) is 6. The quantitative estimate of drug-likeness (QED) is 0.119. The molecule has 5 rings (SSSR count). The fraction of sp³-hybridized carbons (Fsp3) is 0.483. The van der Waals surface area contributed by atoms with Crippen molar-refractivity contribution in [1.29, 1.82) is 0 Å². The van der Waals surface area contributed by atoms with Crippen LogP contribution in [0.15, 0.2) is 39.7 Å². The first-order valence-electron chi connectivity index (χ1n) is 13.9. The lowest BCUT2D eigenvalue weighted by Gasteiger charge is -2.42. The molecule has 17 nitrogen and oxygen atoms in total. The summed E-state index contributed by atoms with van der Waals surface area (Å²) >= 11 is 0. The molecule has 3 aromatic rings. The molecule has 10 atom stereocenters. The van der Waals surface area contributed by atoms with Crippen LogP contribution in [0.3, 0.4) is 0 Å². The van der Waals surface area contributed by atoms with E-state index in [0.29, 0.717) is 0 Å². The Balaban J connectivity index is 1.35. The van der Waals surface area contributed by atoms with Gasteiger partial charge in [-0.2, -0.15) is 0 Å². The summed E-state index contributed by atoms with van der Waals surface area (Å²) in [5, 5.41) is 91.4. The van der Waals surface area contributed by atoms with E-state index in [2.05, 4.69) is 0 Å². The van der Waals surface area contributed by atoms with E-state index in [1.165, 1.54) is 32.4 Å². The van der Waals surface area contributed by atoms with Crippen LogP contribution in [-0.2, 0) is 14.2 Å². The van der Waals surface area contributed by atoms with Gasteiger partial charge in [0, 0.05) is 6.07 Å². The average Bonchev–Trinajstić information content (AvgIpc) is 3.04. The molecule has 17 heteroatoms. The molecule has 1 aromatic heterocycles. The van der Waals surface area contributed by atoms with Gasteiger partial charge in [0.05, 0.1) is 33.0 Å². The zero-order valence-corrected chi connectivity index (χ0v) is 24.4. The number of phenols is 2. The first-order valence-corrected chi connectivity index (χ1v) is 13.9. The number of aromatic hydroxyl groups is 2. The van der Waals surface area contributed by atoms with Gasteiger partial charge in [-0.05, 0) is 17.7 Å². The van der Waals surface area contributed by atoms with Gasteiger partial charge in [0.2, 0.25) is 17.5 Å². The third-order valence-electron chi connectivity index (χ3n) is 7.84. The first kappa shape index (κ1) is 33.6. The second-order valence-corrected chi connectivity index (χ2v) is 10.7. The third kappa shape index (κ3) is 6.05. The second kappa shape index (κ2) is 13.5. The minimum absolute atomic E-state index is 0.00158. The zero-order chi connectivity index (χ0) is 33.4. The van der Waals surface area contributed by atoms with Crippen LogP contribution in [0.2, 0.25) is 0 Å². The van der Waals surface area contributed by atoms with Gasteiger partial charge in [-0.25, -0.2) is 0 Å². The molecule has 0 saturated carbocycles. The van der Waals surface area contributed by atoms with Gasteiger partial charge in [-0.1, -0.05) is 6.07 Å². The molecule has 9 N–H and O–H groups in total. The van der Waals surface area contributed by atoms with Crippen molar-refractivity contribution in [2.45, 2.75) is 61.4 Å². The molecule has 0 unspecified atom stereocenters. The van der Waals surface area contributed by atoms with Gasteiger partial charge >= 0.3 is 0 Å². The van der Waals surface area contributed by atoms with E-state index in [-0.39, 0.29) is 39.3 Å².